The molecule has 6 heteroatoms. The molecule has 0 saturated carbocycles. The number of fused-ring (bicyclic) bond motifs is 3. The molecule has 2 amide bonds. The second-order valence-corrected chi connectivity index (χ2v) is 10.7. The highest BCUT2D eigenvalue weighted by Crippen LogP contribution is 2.41. The van der Waals surface area contributed by atoms with E-state index in [1.54, 1.807) is 4.90 Å². The van der Waals surface area contributed by atoms with E-state index in [1.165, 1.54) is 0 Å². The zero-order chi connectivity index (χ0) is 23.8. The van der Waals surface area contributed by atoms with E-state index in [-0.39, 0.29) is 22.8 Å². The van der Waals surface area contributed by atoms with E-state index >= 15 is 0 Å². The van der Waals surface area contributed by atoms with Gasteiger partial charge in [-0.1, -0.05) is 32.1 Å². The molecule has 0 bridgehead atoms. The number of amides is 2. The van der Waals surface area contributed by atoms with Crippen LogP contribution in [0.1, 0.15) is 57.9 Å². The van der Waals surface area contributed by atoms with Crippen LogP contribution in [-0.4, -0.2) is 39.4 Å². The Balaban J connectivity index is 1.66. The number of hydrogen-bond acceptors (Lipinski definition) is 3. The first-order chi connectivity index (χ1) is 15.4. The summed E-state index contributed by atoms with van der Waals surface area (Å²) in [7, 11) is 0. The van der Waals surface area contributed by atoms with Crippen LogP contribution in [0.4, 0.5) is 0 Å². The van der Waals surface area contributed by atoms with Gasteiger partial charge in [0.1, 0.15) is 22.6 Å². The van der Waals surface area contributed by atoms with Gasteiger partial charge < -0.3 is 19.9 Å². The first kappa shape index (κ1) is 21.6. The van der Waals surface area contributed by atoms with Gasteiger partial charge in [0.15, 0.2) is 0 Å². The summed E-state index contributed by atoms with van der Waals surface area (Å²) in [4.78, 5) is 31.5. The molecule has 1 atom stereocenters. The molecule has 1 saturated heterocycles. The summed E-state index contributed by atoms with van der Waals surface area (Å²) < 4.78 is 6.19. The summed E-state index contributed by atoms with van der Waals surface area (Å²) in [6.07, 6.45) is 8.97. The zero-order valence-corrected chi connectivity index (χ0v) is 20.0. The van der Waals surface area contributed by atoms with Gasteiger partial charge in [0, 0.05) is 46.6 Å². The van der Waals surface area contributed by atoms with E-state index in [0.717, 1.165) is 33.5 Å². The lowest BCUT2D eigenvalue weighted by atomic mass is 9.81. The van der Waals surface area contributed by atoms with Crippen molar-refractivity contribution in [2.75, 3.05) is 6.54 Å². The van der Waals surface area contributed by atoms with Crippen LogP contribution in [0.5, 0.6) is 5.75 Å². The minimum Gasteiger partial charge on any atom is -0.483 e. The molecular weight excluding hydrogens is 414 g/mol. The number of nitrogens with zero attached hydrogens (tertiary/aromatic N) is 1. The average molecular weight is 446 g/mol. The number of allylic oxidation sites excluding steroid dienone is 1. The van der Waals surface area contributed by atoms with Crippen LogP contribution in [0, 0.1) is 0 Å². The summed E-state index contributed by atoms with van der Waals surface area (Å²) in [6.45, 7) is 14.7. The maximum absolute atomic E-state index is 13.5. The summed E-state index contributed by atoms with van der Waals surface area (Å²) in [5.74, 6) is 0.575. The Kier molecular flexibility index (Phi) is 4.48. The summed E-state index contributed by atoms with van der Waals surface area (Å²) in [5, 5.41) is 4.04. The minimum atomic E-state index is -1.04. The fourth-order valence-electron chi connectivity index (χ4n) is 5.08. The van der Waals surface area contributed by atoms with E-state index in [0.29, 0.717) is 25.1 Å². The van der Waals surface area contributed by atoms with Gasteiger partial charge in [0.2, 0.25) is 0 Å². The number of nitrogens with one attached hydrogen (secondary N) is 2. The molecule has 6 nitrogen and oxygen atoms in total. The van der Waals surface area contributed by atoms with Crippen LogP contribution in [0.2, 0.25) is 0 Å². The predicted octanol–water partition coefficient (Wildman–Crippen LogP) is 4.36. The van der Waals surface area contributed by atoms with Crippen LogP contribution in [0.15, 0.2) is 42.6 Å². The molecule has 33 heavy (non-hydrogen) atoms. The number of benzene rings is 1. The third-order valence-corrected chi connectivity index (χ3v) is 7.08. The van der Waals surface area contributed by atoms with Gasteiger partial charge in [-0.05, 0) is 44.9 Å². The SMILES string of the molecule is C=CC(C)(C)c1[nH]c2cc3c(cc2c1C[C@]1(C)NC(=O)C2=CCCN2C1=O)C=CC(C)(C)O3. The molecule has 3 aliphatic rings. The van der Waals surface area contributed by atoms with Gasteiger partial charge in [-0.15, -0.1) is 6.58 Å². The average Bonchev–Trinajstić information content (AvgIpc) is 3.36. The van der Waals surface area contributed by atoms with Gasteiger partial charge in [-0.2, -0.15) is 0 Å². The predicted molar refractivity (Wildman–Crippen MR) is 130 cm³/mol. The summed E-state index contributed by atoms with van der Waals surface area (Å²) in [6, 6.07) is 4.15. The summed E-state index contributed by atoms with van der Waals surface area (Å²) in [5.41, 5.74) is 2.65. The Bertz CT molecular complexity index is 1280. The van der Waals surface area contributed by atoms with E-state index in [9.17, 15) is 9.59 Å². The Morgan fingerprint density at radius 2 is 2.00 bits per heavy atom. The van der Waals surface area contributed by atoms with Crippen LogP contribution in [-0.2, 0) is 21.4 Å². The number of piperazine rings is 1. The molecule has 0 aliphatic carbocycles. The largest absolute Gasteiger partial charge is 0.483 e. The maximum atomic E-state index is 13.5. The van der Waals surface area contributed by atoms with E-state index in [1.807, 2.05) is 39.0 Å². The van der Waals surface area contributed by atoms with Crippen molar-refractivity contribution in [3.05, 3.63) is 59.5 Å². The van der Waals surface area contributed by atoms with Crippen molar-refractivity contribution in [1.82, 2.24) is 15.2 Å². The van der Waals surface area contributed by atoms with Gasteiger partial charge in [0.25, 0.3) is 11.8 Å². The molecule has 1 fully saturated rings. The molecule has 5 rings (SSSR count). The lowest BCUT2D eigenvalue weighted by Gasteiger charge is -2.39. The molecule has 172 valence electrons. The third kappa shape index (κ3) is 3.31. The maximum Gasteiger partial charge on any atom is 0.268 e. The van der Waals surface area contributed by atoms with E-state index < -0.39 is 5.54 Å². The first-order valence-electron chi connectivity index (χ1n) is 11.5. The minimum absolute atomic E-state index is 0.0644. The van der Waals surface area contributed by atoms with Crippen molar-refractivity contribution in [2.24, 2.45) is 0 Å². The Morgan fingerprint density at radius 3 is 2.73 bits per heavy atom. The molecule has 1 aromatic carbocycles. The van der Waals surface area contributed by atoms with Crippen molar-refractivity contribution >= 4 is 28.8 Å². The van der Waals surface area contributed by atoms with Crippen molar-refractivity contribution in [2.45, 2.75) is 64.0 Å². The Morgan fingerprint density at radius 1 is 1.24 bits per heavy atom. The lowest BCUT2D eigenvalue weighted by molar-refractivity contribution is -0.144. The second kappa shape index (κ2) is 6.86. The molecule has 2 aromatic rings. The van der Waals surface area contributed by atoms with E-state index in [4.69, 9.17) is 4.74 Å². The molecule has 2 N–H and O–H groups in total. The van der Waals surface area contributed by atoms with Crippen LogP contribution in [0.3, 0.4) is 0 Å². The molecule has 0 radical (unpaired) electrons. The topological polar surface area (TPSA) is 74.4 Å². The van der Waals surface area contributed by atoms with Crippen molar-refractivity contribution in [3.8, 4) is 5.75 Å². The van der Waals surface area contributed by atoms with Crippen LogP contribution >= 0.6 is 0 Å². The lowest BCUT2D eigenvalue weighted by Crippen LogP contribution is -2.64. The monoisotopic (exact) mass is 445 g/mol. The smallest absolute Gasteiger partial charge is 0.268 e. The number of H-pyrrole nitrogens is 1. The van der Waals surface area contributed by atoms with Gasteiger partial charge >= 0.3 is 0 Å². The summed E-state index contributed by atoms with van der Waals surface area (Å²) >= 11 is 0. The van der Waals surface area contributed by atoms with Crippen molar-refractivity contribution in [1.29, 1.82) is 0 Å². The molecule has 1 aromatic heterocycles. The fourth-order valence-corrected chi connectivity index (χ4v) is 5.08. The van der Waals surface area contributed by atoms with Gasteiger partial charge in [-0.3, -0.25) is 9.59 Å². The number of carbonyl (C=O) groups excluding carboxylic acids is 2. The zero-order valence-electron chi connectivity index (χ0n) is 20.0. The number of ether oxygens (including phenoxy) is 1. The number of carbonyl (C=O) groups is 2. The highest BCUT2D eigenvalue weighted by Gasteiger charge is 2.47. The van der Waals surface area contributed by atoms with Crippen molar-refractivity contribution < 1.29 is 14.3 Å². The van der Waals surface area contributed by atoms with E-state index in [2.05, 4.69) is 48.9 Å². The third-order valence-electron chi connectivity index (χ3n) is 7.08. The van der Waals surface area contributed by atoms with Gasteiger partial charge in [-0.25, -0.2) is 0 Å². The molecule has 0 unspecified atom stereocenters. The molecular formula is C27H31N3O3. The first-order valence-corrected chi connectivity index (χ1v) is 11.5. The second-order valence-electron chi connectivity index (χ2n) is 10.7. The van der Waals surface area contributed by atoms with Crippen LogP contribution < -0.4 is 10.1 Å². The Labute approximate surface area is 194 Å². The number of rotatable bonds is 4. The molecule has 4 heterocycles. The quantitative estimate of drug-likeness (QED) is 0.687. The molecule has 3 aliphatic heterocycles. The highest BCUT2D eigenvalue weighted by atomic mass is 16.5. The van der Waals surface area contributed by atoms with Crippen molar-refractivity contribution in [3.63, 3.8) is 0 Å². The Hall–Kier alpha value is -3.28. The number of aromatic nitrogens is 1. The fraction of sp³-hybridized carbons (Fsp3) is 0.407. The van der Waals surface area contributed by atoms with Crippen LogP contribution in [0.25, 0.3) is 17.0 Å². The highest BCUT2D eigenvalue weighted by molar-refractivity contribution is 6.07. The number of hydrogen-bond donors (Lipinski definition) is 2. The number of aromatic amines is 1. The molecule has 0 spiro atoms. The normalized spacial score (nSPS) is 23.7. The van der Waals surface area contributed by atoms with Gasteiger partial charge in [0.05, 0.1) is 0 Å². The standard InChI is InChI=1S/C27H31N3O3/c1-7-25(2,3)22-18(15-27(6)24(32)30-12-8-9-20(30)23(31)29-27)17-13-16-10-11-26(4,5)33-21(16)14-19(17)28-22/h7,9-11,13-14,28H,1,8,12,15H2,2-6H3,(H,29,31)/t27-/m0/s1.